The molecule has 1 N–H and O–H groups in total. The number of ether oxygens (including phenoxy) is 2. The number of nitro groups is 1. The Morgan fingerprint density at radius 3 is 2.33 bits per heavy atom. The van der Waals surface area contributed by atoms with Crippen LogP contribution in [0.4, 0.5) is 10.1 Å². The Morgan fingerprint density at radius 1 is 1.03 bits per heavy atom. The lowest BCUT2D eigenvalue weighted by Crippen LogP contribution is -2.17. The van der Waals surface area contributed by atoms with Crippen molar-refractivity contribution in [2.24, 2.45) is 5.10 Å². The van der Waals surface area contributed by atoms with Crippen LogP contribution in [-0.2, 0) is 0 Å². The molecule has 0 radical (unpaired) electrons. The molecular formula is C23H18FN3O6. The summed E-state index contributed by atoms with van der Waals surface area (Å²) in [6.07, 6.45) is 1.36. The van der Waals surface area contributed by atoms with Gasteiger partial charge in [0.1, 0.15) is 5.82 Å². The molecule has 0 heterocycles. The average molecular weight is 451 g/mol. The topological polar surface area (TPSA) is 120 Å². The van der Waals surface area contributed by atoms with Crippen molar-refractivity contribution in [1.82, 2.24) is 5.43 Å². The number of carbonyl (C=O) groups is 2. The summed E-state index contributed by atoms with van der Waals surface area (Å²) >= 11 is 0. The molecule has 3 aromatic carbocycles. The number of non-ortho nitro benzene ring substituents is 1. The first-order valence-corrected chi connectivity index (χ1v) is 9.70. The van der Waals surface area contributed by atoms with E-state index in [0.717, 1.165) is 12.1 Å². The second-order valence-electron chi connectivity index (χ2n) is 6.54. The Kier molecular flexibility index (Phi) is 7.43. The molecule has 0 aliphatic carbocycles. The van der Waals surface area contributed by atoms with Gasteiger partial charge in [-0.3, -0.25) is 14.9 Å². The van der Waals surface area contributed by atoms with Gasteiger partial charge in [-0.1, -0.05) is 0 Å². The molecule has 0 saturated carbocycles. The Bertz CT molecular complexity index is 1190. The Balaban J connectivity index is 1.68. The lowest BCUT2D eigenvalue weighted by molar-refractivity contribution is -0.384. The van der Waals surface area contributed by atoms with Crippen LogP contribution in [0, 0.1) is 15.9 Å². The molecule has 0 fully saturated rings. The van der Waals surface area contributed by atoms with Crippen LogP contribution in [0.15, 0.2) is 71.8 Å². The number of nitro benzene ring substituents is 1. The van der Waals surface area contributed by atoms with Crippen molar-refractivity contribution in [2.45, 2.75) is 6.92 Å². The lowest BCUT2D eigenvalue weighted by atomic mass is 10.2. The number of rotatable bonds is 8. The van der Waals surface area contributed by atoms with Gasteiger partial charge in [0, 0.05) is 17.7 Å². The summed E-state index contributed by atoms with van der Waals surface area (Å²) < 4.78 is 23.9. The third-order valence-electron chi connectivity index (χ3n) is 4.27. The Labute approximate surface area is 187 Å². The fourth-order valence-electron chi connectivity index (χ4n) is 2.67. The first kappa shape index (κ1) is 23.1. The van der Waals surface area contributed by atoms with Crippen molar-refractivity contribution in [3.05, 3.63) is 99.4 Å². The highest BCUT2D eigenvalue weighted by Crippen LogP contribution is 2.29. The van der Waals surface area contributed by atoms with Gasteiger partial charge in [-0.25, -0.2) is 14.6 Å². The van der Waals surface area contributed by atoms with Crippen LogP contribution in [0.2, 0.25) is 0 Å². The zero-order chi connectivity index (χ0) is 23.8. The minimum absolute atomic E-state index is 0.126. The summed E-state index contributed by atoms with van der Waals surface area (Å²) in [5, 5.41) is 14.5. The van der Waals surface area contributed by atoms with Gasteiger partial charge >= 0.3 is 5.97 Å². The summed E-state index contributed by atoms with van der Waals surface area (Å²) in [7, 11) is 0. The van der Waals surface area contributed by atoms with Gasteiger partial charge in [0.05, 0.1) is 23.3 Å². The summed E-state index contributed by atoms with van der Waals surface area (Å²) in [6.45, 7) is 2.06. The van der Waals surface area contributed by atoms with Crippen LogP contribution in [0.25, 0.3) is 0 Å². The minimum atomic E-state index is -0.673. The highest BCUT2D eigenvalue weighted by molar-refractivity contribution is 5.95. The molecule has 0 aliphatic rings. The molecular weight excluding hydrogens is 433 g/mol. The molecule has 168 valence electrons. The maximum Gasteiger partial charge on any atom is 0.343 e. The van der Waals surface area contributed by atoms with Crippen molar-refractivity contribution in [2.75, 3.05) is 6.61 Å². The largest absolute Gasteiger partial charge is 0.490 e. The Hall–Kier alpha value is -4.60. The molecule has 0 atom stereocenters. The number of nitrogens with zero attached hydrogens (tertiary/aromatic N) is 2. The second kappa shape index (κ2) is 10.6. The van der Waals surface area contributed by atoms with E-state index in [4.69, 9.17) is 9.47 Å². The smallest absolute Gasteiger partial charge is 0.343 e. The first-order valence-electron chi connectivity index (χ1n) is 9.70. The fraction of sp³-hybridized carbons (Fsp3) is 0.0870. The molecule has 3 aromatic rings. The van der Waals surface area contributed by atoms with E-state index in [2.05, 4.69) is 10.5 Å². The zero-order valence-corrected chi connectivity index (χ0v) is 17.4. The van der Waals surface area contributed by atoms with Crippen molar-refractivity contribution >= 4 is 23.8 Å². The number of nitrogens with one attached hydrogen (secondary N) is 1. The summed E-state index contributed by atoms with van der Waals surface area (Å²) in [4.78, 5) is 34.5. The van der Waals surface area contributed by atoms with Gasteiger partial charge in [0.2, 0.25) is 0 Å². The molecule has 0 bridgehead atoms. The number of hydrazone groups is 1. The predicted octanol–water partition coefficient (Wildman–Crippen LogP) is 4.12. The van der Waals surface area contributed by atoms with Gasteiger partial charge in [-0.15, -0.1) is 0 Å². The van der Waals surface area contributed by atoms with Crippen LogP contribution >= 0.6 is 0 Å². The normalized spacial score (nSPS) is 10.6. The summed E-state index contributed by atoms with van der Waals surface area (Å²) in [6, 6.07) is 14.7. The molecule has 0 spiro atoms. The number of amides is 1. The number of halogens is 1. The van der Waals surface area contributed by atoms with E-state index in [1.165, 1.54) is 48.7 Å². The summed E-state index contributed by atoms with van der Waals surface area (Å²) in [5.74, 6) is -1.24. The van der Waals surface area contributed by atoms with E-state index in [9.17, 15) is 24.1 Å². The average Bonchev–Trinajstić information content (AvgIpc) is 2.81. The molecule has 0 aromatic heterocycles. The molecule has 3 rings (SSSR count). The van der Waals surface area contributed by atoms with E-state index in [1.807, 2.05) is 0 Å². The SMILES string of the molecule is CCOc1cc(/C=N/NC(=O)c2ccc([N+](=O)[O-])cc2)ccc1OC(=O)c1ccc(F)cc1. The van der Waals surface area contributed by atoms with Crippen LogP contribution in [0.3, 0.4) is 0 Å². The molecule has 9 nitrogen and oxygen atoms in total. The number of hydrogen-bond donors (Lipinski definition) is 1. The number of hydrogen-bond acceptors (Lipinski definition) is 7. The van der Waals surface area contributed by atoms with Gasteiger partial charge in [-0.05, 0) is 67.1 Å². The van der Waals surface area contributed by atoms with E-state index in [1.54, 1.807) is 19.1 Å². The highest BCUT2D eigenvalue weighted by atomic mass is 19.1. The predicted molar refractivity (Wildman–Crippen MR) is 117 cm³/mol. The molecule has 0 saturated heterocycles. The zero-order valence-electron chi connectivity index (χ0n) is 17.4. The third kappa shape index (κ3) is 6.20. The van der Waals surface area contributed by atoms with Gasteiger partial charge in [-0.2, -0.15) is 5.10 Å². The van der Waals surface area contributed by atoms with E-state index >= 15 is 0 Å². The van der Waals surface area contributed by atoms with Crippen LogP contribution < -0.4 is 14.9 Å². The Morgan fingerprint density at radius 2 is 1.70 bits per heavy atom. The maximum atomic E-state index is 13.0. The van der Waals surface area contributed by atoms with E-state index < -0.39 is 22.6 Å². The van der Waals surface area contributed by atoms with Gasteiger partial charge in [0.15, 0.2) is 11.5 Å². The molecule has 10 heteroatoms. The van der Waals surface area contributed by atoms with E-state index in [-0.39, 0.29) is 28.3 Å². The monoisotopic (exact) mass is 451 g/mol. The lowest BCUT2D eigenvalue weighted by Gasteiger charge is -2.11. The number of benzene rings is 3. The fourth-order valence-corrected chi connectivity index (χ4v) is 2.67. The van der Waals surface area contributed by atoms with Crippen molar-refractivity contribution < 1.29 is 28.4 Å². The number of carbonyl (C=O) groups excluding carboxylic acids is 2. The first-order chi connectivity index (χ1) is 15.9. The van der Waals surface area contributed by atoms with E-state index in [0.29, 0.717) is 12.2 Å². The van der Waals surface area contributed by atoms with Crippen molar-refractivity contribution in [3.63, 3.8) is 0 Å². The molecule has 1 amide bonds. The van der Waals surface area contributed by atoms with Gasteiger partial charge < -0.3 is 9.47 Å². The van der Waals surface area contributed by atoms with Gasteiger partial charge in [0.25, 0.3) is 11.6 Å². The summed E-state index contributed by atoms with van der Waals surface area (Å²) in [5.41, 5.74) is 3.13. The molecule has 0 unspecified atom stereocenters. The molecule has 33 heavy (non-hydrogen) atoms. The quantitative estimate of drug-likeness (QED) is 0.181. The van der Waals surface area contributed by atoms with Crippen molar-refractivity contribution in [1.29, 1.82) is 0 Å². The second-order valence-corrected chi connectivity index (χ2v) is 6.54. The maximum absolute atomic E-state index is 13.0. The minimum Gasteiger partial charge on any atom is -0.490 e. The van der Waals surface area contributed by atoms with Crippen LogP contribution in [0.5, 0.6) is 11.5 Å². The highest BCUT2D eigenvalue weighted by Gasteiger charge is 2.14. The molecule has 0 aliphatic heterocycles. The number of esters is 1. The van der Waals surface area contributed by atoms with Crippen molar-refractivity contribution in [3.8, 4) is 11.5 Å². The third-order valence-corrected chi connectivity index (χ3v) is 4.27. The van der Waals surface area contributed by atoms with Crippen LogP contribution in [-0.4, -0.2) is 29.6 Å². The standard InChI is InChI=1S/C23H18FN3O6/c1-2-32-21-13-15(3-12-20(21)33-23(29)17-4-8-18(24)9-5-17)14-25-26-22(28)16-6-10-19(11-7-16)27(30)31/h3-14H,2H2,1H3,(H,26,28)/b25-14+. The van der Waals surface area contributed by atoms with Crippen LogP contribution in [0.1, 0.15) is 33.2 Å².